The molecule has 1 rings (SSSR count). The van der Waals surface area contributed by atoms with Crippen molar-refractivity contribution < 1.29 is 14.3 Å². The minimum Gasteiger partial charge on any atom is -0.434 e. The molecule has 0 heterocycles. The molecular weight excluding hydrogens is 228 g/mol. The topological polar surface area (TPSA) is 35.5 Å². The number of carbonyl (C=O) groups excluding carboxylic acids is 1. The maximum absolute atomic E-state index is 11.3. The number of benzene rings is 1. The van der Waals surface area contributed by atoms with Crippen LogP contribution in [0.3, 0.4) is 0 Å². The van der Waals surface area contributed by atoms with Crippen LogP contribution < -0.4 is 0 Å². The molecule has 0 bridgehead atoms. The zero-order valence-corrected chi connectivity index (χ0v) is 11.2. The van der Waals surface area contributed by atoms with Crippen molar-refractivity contribution in [3.63, 3.8) is 0 Å². The average Bonchev–Trinajstić information content (AvgIpc) is 2.37. The van der Waals surface area contributed by atoms with Crippen LogP contribution in [0.1, 0.15) is 38.7 Å². The van der Waals surface area contributed by atoms with Crippen molar-refractivity contribution in [2.45, 2.75) is 39.7 Å². The van der Waals surface area contributed by atoms with E-state index < -0.39 is 6.16 Å². The van der Waals surface area contributed by atoms with Crippen LogP contribution in [0.2, 0.25) is 0 Å². The van der Waals surface area contributed by atoms with E-state index in [2.05, 4.69) is 13.8 Å². The third-order valence-corrected chi connectivity index (χ3v) is 2.60. The molecule has 0 spiro atoms. The molecule has 0 aromatic heterocycles. The van der Waals surface area contributed by atoms with Crippen molar-refractivity contribution in [2.24, 2.45) is 5.92 Å². The lowest BCUT2D eigenvalue weighted by atomic mass is 10.1. The smallest absolute Gasteiger partial charge is 0.434 e. The molecule has 0 radical (unpaired) electrons. The van der Waals surface area contributed by atoms with E-state index in [9.17, 15) is 4.79 Å². The Morgan fingerprint density at radius 1 is 1.11 bits per heavy atom. The van der Waals surface area contributed by atoms with Gasteiger partial charge in [-0.1, -0.05) is 50.6 Å². The molecular formula is C15H22O3. The van der Waals surface area contributed by atoms with E-state index in [-0.39, 0.29) is 6.61 Å². The van der Waals surface area contributed by atoms with E-state index in [1.807, 2.05) is 30.3 Å². The molecule has 18 heavy (non-hydrogen) atoms. The Labute approximate surface area is 109 Å². The first-order valence-corrected chi connectivity index (χ1v) is 6.52. The molecule has 0 fully saturated rings. The van der Waals surface area contributed by atoms with Crippen molar-refractivity contribution in [2.75, 3.05) is 6.61 Å². The zero-order valence-electron chi connectivity index (χ0n) is 11.2. The lowest BCUT2D eigenvalue weighted by Crippen LogP contribution is -2.08. The van der Waals surface area contributed by atoms with Crippen molar-refractivity contribution in [3.8, 4) is 0 Å². The Bertz CT molecular complexity index is 333. The molecule has 0 unspecified atom stereocenters. The molecule has 0 atom stereocenters. The van der Waals surface area contributed by atoms with E-state index >= 15 is 0 Å². The summed E-state index contributed by atoms with van der Waals surface area (Å²) in [6, 6.07) is 9.58. The molecule has 0 aliphatic heterocycles. The van der Waals surface area contributed by atoms with Gasteiger partial charge in [-0.3, -0.25) is 0 Å². The van der Waals surface area contributed by atoms with Crippen LogP contribution in [0.5, 0.6) is 0 Å². The highest BCUT2D eigenvalue weighted by molar-refractivity contribution is 5.59. The third-order valence-electron chi connectivity index (χ3n) is 2.60. The second-order valence-electron chi connectivity index (χ2n) is 4.76. The summed E-state index contributed by atoms with van der Waals surface area (Å²) in [5, 5.41) is 0. The number of hydrogen-bond donors (Lipinski definition) is 0. The predicted molar refractivity (Wildman–Crippen MR) is 71.3 cm³/mol. The van der Waals surface area contributed by atoms with E-state index in [0.717, 1.165) is 18.4 Å². The first kappa shape index (κ1) is 14.6. The van der Waals surface area contributed by atoms with Crippen LogP contribution in [0, 0.1) is 5.92 Å². The largest absolute Gasteiger partial charge is 0.508 e. The first-order valence-electron chi connectivity index (χ1n) is 6.52. The Hall–Kier alpha value is -1.51. The van der Waals surface area contributed by atoms with Gasteiger partial charge in [-0.25, -0.2) is 4.79 Å². The molecule has 3 nitrogen and oxygen atoms in total. The summed E-state index contributed by atoms with van der Waals surface area (Å²) >= 11 is 0. The van der Waals surface area contributed by atoms with E-state index in [0.29, 0.717) is 12.5 Å². The first-order chi connectivity index (χ1) is 8.68. The number of hydrogen-bond acceptors (Lipinski definition) is 3. The van der Waals surface area contributed by atoms with Gasteiger partial charge in [0.05, 0.1) is 6.61 Å². The summed E-state index contributed by atoms with van der Waals surface area (Å²) in [5.74, 6) is 0.704. The number of unbranched alkanes of at least 4 members (excludes halogenated alkanes) is 1. The molecule has 3 heteroatoms. The fourth-order valence-electron chi connectivity index (χ4n) is 1.57. The molecule has 0 aliphatic rings. The third kappa shape index (κ3) is 6.94. The standard InChI is InChI=1S/C15H22O3/c1-13(2)8-6-7-11-17-15(16)18-12-14-9-4-3-5-10-14/h3-5,9-10,13H,6-8,11-12H2,1-2H3. The number of ether oxygens (including phenoxy) is 2. The van der Waals surface area contributed by atoms with E-state index in [4.69, 9.17) is 9.47 Å². The van der Waals surface area contributed by atoms with Crippen LogP contribution in [0.15, 0.2) is 30.3 Å². The van der Waals surface area contributed by atoms with Crippen LogP contribution in [0.25, 0.3) is 0 Å². The van der Waals surface area contributed by atoms with Gasteiger partial charge in [0.1, 0.15) is 6.61 Å². The Morgan fingerprint density at radius 2 is 1.83 bits per heavy atom. The molecule has 1 aromatic rings. The second-order valence-corrected chi connectivity index (χ2v) is 4.76. The summed E-state index contributed by atoms with van der Waals surface area (Å²) in [7, 11) is 0. The maximum Gasteiger partial charge on any atom is 0.508 e. The van der Waals surface area contributed by atoms with Gasteiger partial charge in [-0.05, 0) is 24.3 Å². The van der Waals surface area contributed by atoms with Gasteiger partial charge in [0.25, 0.3) is 0 Å². The molecule has 0 saturated heterocycles. The number of rotatable bonds is 7. The van der Waals surface area contributed by atoms with Crippen LogP contribution in [-0.2, 0) is 16.1 Å². The Balaban J connectivity index is 2.04. The Morgan fingerprint density at radius 3 is 2.50 bits per heavy atom. The van der Waals surface area contributed by atoms with Gasteiger partial charge in [0.15, 0.2) is 0 Å². The summed E-state index contributed by atoms with van der Waals surface area (Å²) in [6.07, 6.45) is 2.58. The molecule has 100 valence electrons. The fourth-order valence-corrected chi connectivity index (χ4v) is 1.57. The van der Waals surface area contributed by atoms with Crippen LogP contribution >= 0.6 is 0 Å². The van der Waals surface area contributed by atoms with E-state index in [1.165, 1.54) is 6.42 Å². The lowest BCUT2D eigenvalue weighted by molar-refractivity contribution is 0.0486. The Kier molecular flexibility index (Phi) is 6.92. The normalized spacial score (nSPS) is 10.4. The highest BCUT2D eigenvalue weighted by Gasteiger charge is 2.04. The average molecular weight is 250 g/mol. The monoisotopic (exact) mass is 250 g/mol. The molecule has 1 aromatic carbocycles. The quantitative estimate of drug-likeness (QED) is 0.538. The maximum atomic E-state index is 11.3. The molecule has 0 aliphatic carbocycles. The fraction of sp³-hybridized carbons (Fsp3) is 0.533. The highest BCUT2D eigenvalue weighted by Crippen LogP contribution is 2.06. The second kappa shape index (κ2) is 8.56. The number of carbonyl (C=O) groups is 1. The lowest BCUT2D eigenvalue weighted by Gasteiger charge is -2.07. The minimum atomic E-state index is -0.580. The van der Waals surface area contributed by atoms with Crippen molar-refractivity contribution >= 4 is 6.16 Å². The summed E-state index contributed by atoms with van der Waals surface area (Å²) in [5.41, 5.74) is 0.967. The van der Waals surface area contributed by atoms with Crippen molar-refractivity contribution in [3.05, 3.63) is 35.9 Å². The molecule has 0 saturated carbocycles. The van der Waals surface area contributed by atoms with Gasteiger partial charge in [-0.2, -0.15) is 0 Å². The van der Waals surface area contributed by atoms with E-state index in [1.54, 1.807) is 0 Å². The van der Waals surface area contributed by atoms with Gasteiger partial charge in [-0.15, -0.1) is 0 Å². The van der Waals surface area contributed by atoms with Gasteiger partial charge in [0.2, 0.25) is 0 Å². The zero-order chi connectivity index (χ0) is 13.2. The van der Waals surface area contributed by atoms with Gasteiger partial charge < -0.3 is 9.47 Å². The molecule has 0 amide bonds. The minimum absolute atomic E-state index is 0.270. The molecule has 0 N–H and O–H groups in total. The summed E-state index contributed by atoms with van der Waals surface area (Å²) in [4.78, 5) is 11.3. The summed E-state index contributed by atoms with van der Waals surface area (Å²) in [6.45, 7) is 5.09. The SMILES string of the molecule is CC(C)CCCCOC(=O)OCc1ccccc1. The van der Waals surface area contributed by atoms with Gasteiger partial charge >= 0.3 is 6.16 Å². The van der Waals surface area contributed by atoms with Crippen molar-refractivity contribution in [1.82, 2.24) is 0 Å². The van der Waals surface area contributed by atoms with Crippen LogP contribution in [0.4, 0.5) is 4.79 Å². The highest BCUT2D eigenvalue weighted by atomic mass is 16.7. The van der Waals surface area contributed by atoms with Crippen LogP contribution in [-0.4, -0.2) is 12.8 Å². The summed E-state index contributed by atoms with van der Waals surface area (Å²) < 4.78 is 9.98. The van der Waals surface area contributed by atoms with Gasteiger partial charge in [0, 0.05) is 0 Å². The van der Waals surface area contributed by atoms with Crippen molar-refractivity contribution in [1.29, 1.82) is 0 Å². The predicted octanol–water partition coefficient (Wildman–Crippen LogP) is 4.17.